The molecular weight excluding hydrogens is 203 g/mol. The van der Waals surface area contributed by atoms with Gasteiger partial charge >= 0.3 is 0 Å². The Morgan fingerprint density at radius 2 is 1.90 bits per heavy atom. The fraction of sp³-hybridized carbons (Fsp3) is 0.714. The van der Waals surface area contributed by atoms with Gasteiger partial charge in [-0.3, -0.25) is 4.79 Å². The van der Waals surface area contributed by atoms with Crippen LogP contribution in [0.3, 0.4) is 0 Å². The van der Waals surface area contributed by atoms with E-state index in [1.165, 1.54) is 0 Å². The third-order valence-corrected chi connectivity index (χ3v) is 1.65. The topological polar surface area (TPSA) is 20.3 Å². The molecule has 0 saturated carbocycles. The third kappa shape index (κ3) is 3.11. The van der Waals surface area contributed by atoms with E-state index in [0.29, 0.717) is 0 Å². The second kappa shape index (κ2) is 5.25. The predicted molar refractivity (Wildman–Crippen MR) is 35.8 cm³/mol. The smallest absolute Gasteiger partial charge is 0.219 e. The number of hydrogen-bond donors (Lipinski definition) is 0. The molecule has 0 N–H and O–H groups in total. The number of hydrogen-bond acceptors (Lipinski definition) is 1. The first-order valence-corrected chi connectivity index (χ1v) is 3.38. The van der Waals surface area contributed by atoms with Crippen LogP contribution in [-0.4, -0.2) is 23.9 Å². The van der Waals surface area contributed by atoms with E-state index >= 15 is 0 Å². The molecule has 0 spiro atoms. The summed E-state index contributed by atoms with van der Waals surface area (Å²) in [5.74, 6) is 0.211. The van der Waals surface area contributed by atoms with Crippen LogP contribution >= 0.6 is 0 Å². The maximum atomic E-state index is 10.7. The first kappa shape index (κ1) is 10.6. The van der Waals surface area contributed by atoms with Crippen molar-refractivity contribution in [1.82, 2.24) is 4.90 Å². The van der Waals surface area contributed by atoms with Crippen LogP contribution in [0.1, 0.15) is 19.8 Å². The monoisotopic (exact) mass is 215 g/mol. The summed E-state index contributed by atoms with van der Waals surface area (Å²) in [5, 5.41) is 0. The molecule has 1 saturated heterocycles. The van der Waals surface area contributed by atoms with E-state index in [2.05, 4.69) is 6.42 Å². The van der Waals surface area contributed by atoms with Crippen LogP contribution in [0.5, 0.6) is 0 Å². The molecule has 0 atom stereocenters. The van der Waals surface area contributed by atoms with Crippen molar-refractivity contribution in [3.63, 3.8) is 0 Å². The normalized spacial score (nSPS) is 17.9. The number of nitrogens with zero attached hydrogens (tertiary/aromatic N) is 1. The standard InChI is InChI=1S/C7H12NO.Y/c1-7(9)8-5-3-2-4-6-8;/h2H,3-6H2,1H3;/q-1;. The molecule has 55 valence electrons. The Kier molecular flexibility index (Phi) is 5.56. The Morgan fingerprint density at radius 1 is 1.40 bits per heavy atom. The molecule has 1 amide bonds. The SMILES string of the molecule is CC(=O)N1CC[CH-]CC1.[Y]. The molecule has 0 bridgehead atoms. The first-order valence-electron chi connectivity index (χ1n) is 3.38. The molecule has 1 heterocycles. The molecule has 1 fully saturated rings. The van der Waals surface area contributed by atoms with Gasteiger partial charge in [0.1, 0.15) is 0 Å². The molecule has 1 aliphatic rings. The minimum atomic E-state index is 0. The van der Waals surface area contributed by atoms with Gasteiger partial charge in [0.2, 0.25) is 5.91 Å². The zero-order valence-corrected chi connectivity index (χ0v) is 9.18. The van der Waals surface area contributed by atoms with Crippen LogP contribution in [-0.2, 0) is 37.5 Å². The van der Waals surface area contributed by atoms with Gasteiger partial charge in [0.25, 0.3) is 0 Å². The Labute approximate surface area is 87.2 Å². The third-order valence-electron chi connectivity index (χ3n) is 1.65. The Bertz CT molecular complexity index is 110. The summed E-state index contributed by atoms with van der Waals surface area (Å²) in [5.41, 5.74) is 0. The van der Waals surface area contributed by atoms with Crippen molar-refractivity contribution in [3.8, 4) is 0 Å². The number of piperidine rings is 1. The van der Waals surface area contributed by atoms with Crippen LogP contribution < -0.4 is 0 Å². The van der Waals surface area contributed by atoms with Crippen molar-refractivity contribution in [1.29, 1.82) is 0 Å². The average molecular weight is 215 g/mol. The van der Waals surface area contributed by atoms with Crippen molar-refractivity contribution in [2.24, 2.45) is 0 Å². The van der Waals surface area contributed by atoms with Gasteiger partial charge in [0, 0.05) is 39.6 Å². The summed E-state index contributed by atoms with van der Waals surface area (Å²) in [6, 6.07) is 0. The van der Waals surface area contributed by atoms with Crippen LogP contribution in [0.15, 0.2) is 0 Å². The van der Waals surface area contributed by atoms with E-state index in [4.69, 9.17) is 0 Å². The van der Waals surface area contributed by atoms with Crippen LogP contribution in [0.25, 0.3) is 0 Å². The molecule has 10 heavy (non-hydrogen) atoms. The average Bonchev–Trinajstić information content (AvgIpc) is 1.90. The van der Waals surface area contributed by atoms with E-state index in [1.54, 1.807) is 6.92 Å². The number of rotatable bonds is 0. The molecule has 3 heteroatoms. The van der Waals surface area contributed by atoms with E-state index < -0.39 is 0 Å². The van der Waals surface area contributed by atoms with Crippen molar-refractivity contribution >= 4 is 5.91 Å². The van der Waals surface area contributed by atoms with Gasteiger partial charge in [0.05, 0.1) is 0 Å². The van der Waals surface area contributed by atoms with Gasteiger partial charge < -0.3 is 11.3 Å². The number of amides is 1. The Morgan fingerprint density at radius 3 is 2.20 bits per heavy atom. The molecule has 1 aliphatic heterocycles. The fourth-order valence-electron chi connectivity index (χ4n) is 1.07. The minimum absolute atomic E-state index is 0. The second-order valence-corrected chi connectivity index (χ2v) is 2.37. The number of carbonyl (C=O) groups is 1. The van der Waals surface area contributed by atoms with Gasteiger partial charge in [-0.15, -0.1) is 0 Å². The largest absolute Gasteiger partial charge is 0.348 e. The Hall–Kier alpha value is 0.574. The molecule has 0 unspecified atom stereocenters. The van der Waals surface area contributed by atoms with Crippen molar-refractivity contribution in [3.05, 3.63) is 6.42 Å². The summed E-state index contributed by atoms with van der Waals surface area (Å²) in [4.78, 5) is 12.6. The van der Waals surface area contributed by atoms with Gasteiger partial charge in [0.15, 0.2) is 0 Å². The quantitative estimate of drug-likeness (QED) is 0.548. The van der Waals surface area contributed by atoms with E-state index in [0.717, 1.165) is 25.9 Å². The summed E-state index contributed by atoms with van der Waals surface area (Å²) >= 11 is 0. The zero-order chi connectivity index (χ0) is 6.69. The molecule has 1 rings (SSSR count). The van der Waals surface area contributed by atoms with Crippen LogP contribution in [0.4, 0.5) is 0 Å². The van der Waals surface area contributed by atoms with Crippen LogP contribution in [0, 0.1) is 6.42 Å². The molecule has 2 nitrogen and oxygen atoms in total. The summed E-state index contributed by atoms with van der Waals surface area (Å²) < 4.78 is 0. The molecule has 0 aromatic carbocycles. The van der Waals surface area contributed by atoms with Crippen molar-refractivity contribution in [2.75, 3.05) is 13.1 Å². The van der Waals surface area contributed by atoms with Crippen molar-refractivity contribution in [2.45, 2.75) is 19.8 Å². The van der Waals surface area contributed by atoms with Gasteiger partial charge in [-0.1, -0.05) is 0 Å². The predicted octanol–water partition coefficient (Wildman–Crippen LogP) is 0.830. The molecule has 0 aromatic rings. The maximum absolute atomic E-state index is 10.7. The zero-order valence-electron chi connectivity index (χ0n) is 6.34. The summed E-state index contributed by atoms with van der Waals surface area (Å²) in [6.07, 6.45) is 4.37. The minimum Gasteiger partial charge on any atom is -0.348 e. The van der Waals surface area contributed by atoms with E-state index in [-0.39, 0.29) is 38.6 Å². The van der Waals surface area contributed by atoms with E-state index in [9.17, 15) is 4.79 Å². The molecule has 1 radical (unpaired) electrons. The van der Waals surface area contributed by atoms with Gasteiger partial charge in [-0.05, 0) is 13.1 Å². The second-order valence-electron chi connectivity index (χ2n) is 2.37. The summed E-state index contributed by atoms with van der Waals surface area (Å²) in [6.45, 7) is 3.48. The molecular formula is C7H12NOY-. The molecule has 0 aromatic heterocycles. The van der Waals surface area contributed by atoms with Gasteiger partial charge in [-0.25, -0.2) is 0 Å². The Balaban J connectivity index is 0.000000810. The number of likely N-dealkylation sites (tertiary alicyclic amines) is 1. The summed E-state index contributed by atoms with van der Waals surface area (Å²) in [7, 11) is 0. The maximum Gasteiger partial charge on any atom is 0.219 e. The molecule has 0 aliphatic carbocycles. The van der Waals surface area contributed by atoms with E-state index in [1.807, 2.05) is 4.90 Å². The fourth-order valence-corrected chi connectivity index (χ4v) is 1.07. The number of carbonyl (C=O) groups excluding carboxylic acids is 1. The van der Waals surface area contributed by atoms with Crippen molar-refractivity contribution < 1.29 is 37.5 Å². The van der Waals surface area contributed by atoms with Gasteiger partial charge in [-0.2, -0.15) is 12.8 Å². The van der Waals surface area contributed by atoms with Crippen LogP contribution in [0.2, 0.25) is 0 Å². The first-order chi connectivity index (χ1) is 4.30.